The number of esters is 3. The predicted octanol–water partition coefficient (Wildman–Crippen LogP) is 20.6. The molecule has 0 aromatic rings. The van der Waals surface area contributed by atoms with Gasteiger partial charge in [0, 0.05) is 19.3 Å². The number of rotatable bonds is 56. The second-order valence-corrected chi connectivity index (χ2v) is 20.6. The lowest BCUT2D eigenvalue weighted by atomic mass is 10.0. The van der Waals surface area contributed by atoms with Gasteiger partial charge in [-0.05, 0) is 83.5 Å². The summed E-state index contributed by atoms with van der Waals surface area (Å²) in [6, 6.07) is 0. The van der Waals surface area contributed by atoms with Crippen molar-refractivity contribution in [3.05, 3.63) is 48.6 Å². The lowest BCUT2D eigenvalue weighted by Crippen LogP contribution is -2.30. The molecule has 6 nitrogen and oxygen atoms in total. The van der Waals surface area contributed by atoms with Crippen LogP contribution in [0, 0.1) is 0 Å². The maximum Gasteiger partial charge on any atom is 0.306 e. The monoisotopic (exact) mass is 981 g/mol. The van der Waals surface area contributed by atoms with Crippen LogP contribution in [0.15, 0.2) is 48.6 Å². The van der Waals surface area contributed by atoms with Crippen molar-refractivity contribution in [1.82, 2.24) is 0 Å². The molecule has 0 aliphatic rings. The van der Waals surface area contributed by atoms with E-state index in [1.807, 2.05) is 0 Å². The Morgan fingerprint density at radius 1 is 0.286 bits per heavy atom. The van der Waals surface area contributed by atoms with Crippen LogP contribution in [0.3, 0.4) is 0 Å². The average molecular weight is 982 g/mol. The highest BCUT2D eigenvalue weighted by atomic mass is 16.6. The zero-order valence-corrected chi connectivity index (χ0v) is 46.8. The van der Waals surface area contributed by atoms with Gasteiger partial charge in [-0.3, -0.25) is 14.4 Å². The highest BCUT2D eigenvalue weighted by Gasteiger charge is 2.19. The summed E-state index contributed by atoms with van der Waals surface area (Å²) in [7, 11) is 0. The van der Waals surface area contributed by atoms with Crippen molar-refractivity contribution in [2.24, 2.45) is 0 Å². The maximum atomic E-state index is 12.9. The van der Waals surface area contributed by atoms with E-state index in [-0.39, 0.29) is 31.1 Å². The third-order valence-electron chi connectivity index (χ3n) is 13.6. The molecular weight excluding hydrogens is 865 g/mol. The van der Waals surface area contributed by atoms with E-state index in [4.69, 9.17) is 14.2 Å². The number of ether oxygens (including phenoxy) is 3. The fourth-order valence-corrected chi connectivity index (χ4v) is 8.92. The van der Waals surface area contributed by atoms with Gasteiger partial charge in [0.2, 0.25) is 0 Å². The first-order valence-electron chi connectivity index (χ1n) is 30.6. The molecule has 0 heterocycles. The number of hydrogen-bond donors (Lipinski definition) is 0. The number of carbonyl (C=O) groups excluding carboxylic acids is 3. The van der Waals surface area contributed by atoms with E-state index >= 15 is 0 Å². The molecule has 1 atom stereocenters. The van der Waals surface area contributed by atoms with Crippen LogP contribution in [0.5, 0.6) is 0 Å². The number of unbranched alkanes of at least 4 members (excludes halogenated alkanes) is 37. The Labute approximate surface area is 435 Å². The summed E-state index contributed by atoms with van der Waals surface area (Å²) in [5.41, 5.74) is 0. The molecular formula is C64H116O6. The Kier molecular flexibility index (Phi) is 56.7. The predicted molar refractivity (Wildman–Crippen MR) is 302 cm³/mol. The van der Waals surface area contributed by atoms with Crippen molar-refractivity contribution >= 4 is 17.9 Å². The molecule has 0 saturated carbocycles. The van der Waals surface area contributed by atoms with Gasteiger partial charge in [0.25, 0.3) is 0 Å². The van der Waals surface area contributed by atoms with E-state index in [9.17, 15) is 14.4 Å². The van der Waals surface area contributed by atoms with Gasteiger partial charge in [0.05, 0.1) is 0 Å². The normalized spacial score (nSPS) is 12.3. The van der Waals surface area contributed by atoms with Crippen LogP contribution < -0.4 is 0 Å². The molecule has 0 bridgehead atoms. The number of hydrogen-bond acceptors (Lipinski definition) is 6. The third kappa shape index (κ3) is 56.3. The molecule has 0 aromatic carbocycles. The van der Waals surface area contributed by atoms with Crippen LogP contribution in [0.1, 0.15) is 323 Å². The molecule has 0 aliphatic carbocycles. The van der Waals surface area contributed by atoms with Crippen LogP contribution in [0.25, 0.3) is 0 Å². The van der Waals surface area contributed by atoms with E-state index in [2.05, 4.69) is 69.4 Å². The Morgan fingerprint density at radius 3 is 0.814 bits per heavy atom. The van der Waals surface area contributed by atoms with Crippen LogP contribution in [-0.4, -0.2) is 37.2 Å². The molecule has 0 rings (SSSR count). The van der Waals surface area contributed by atoms with Gasteiger partial charge >= 0.3 is 17.9 Å². The van der Waals surface area contributed by atoms with E-state index in [0.29, 0.717) is 19.3 Å². The van der Waals surface area contributed by atoms with Crippen molar-refractivity contribution < 1.29 is 28.6 Å². The molecule has 0 N–H and O–H groups in total. The highest BCUT2D eigenvalue weighted by molar-refractivity contribution is 5.71. The topological polar surface area (TPSA) is 78.9 Å². The second kappa shape index (κ2) is 58.9. The molecule has 408 valence electrons. The first-order valence-corrected chi connectivity index (χ1v) is 30.6. The molecule has 1 unspecified atom stereocenters. The Morgan fingerprint density at radius 2 is 0.514 bits per heavy atom. The maximum absolute atomic E-state index is 12.9. The molecule has 0 radical (unpaired) electrons. The van der Waals surface area contributed by atoms with E-state index < -0.39 is 6.10 Å². The second-order valence-electron chi connectivity index (χ2n) is 20.6. The number of allylic oxidation sites excluding steroid dienone is 8. The summed E-state index contributed by atoms with van der Waals surface area (Å²) in [4.78, 5) is 38.1. The molecule has 0 fully saturated rings. The Balaban J connectivity index is 4.22. The van der Waals surface area contributed by atoms with Crippen molar-refractivity contribution in [2.75, 3.05) is 13.2 Å². The van der Waals surface area contributed by atoms with Gasteiger partial charge in [-0.2, -0.15) is 0 Å². The van der Waals surface area contributed by atoms with E-state index in [0.717, 1.165) is 77.0 Å². The smallest absolute Gasteiger partial charge is 0.306 e. The summed E-state index contributed by atoms with van der Waals surface area (Å²) < 4.78 is 16.9. The minimum atomic E-state index is -0.775. The lowest BCUT2D eigenvalue weighted by molar-refractivity contribution is -0.167. The summed E-state index contributed by atoms with van der Waals surface area (Å²) in [5, 5.41) is 0. The van der Waals surface area contributed by atoms with Gasteiger partial charge in [-0.15, -0.1) is 0 Å². The first kappa shape index (κ1) is 67.4. The zero-order valence-electron chi connectivity index (χ0n) is 46.8. The van der Waals surface area contributed by atoms with Gasteiger partial charge in [-0.25, -0.2) is 0 Å². The molecule has 6 heteroatoms. The summed E-state index contributed by atoms with van der Waals surface area (Å²) in [6.07, 6.45) is 72.6. The fraction of sp³-hybridized carbons (Fsp3) is 0.828. The number of carbonyl (C=O) groups is 3. The van der Waals surface area contributed by atoms with Crippen LogP contribution in [0.4, 0.5) is 0 Å². The summed E-state index contributed by atoms with van der Waals surface area (Å²) >= 11 is 0. The average Bonchev–Trinajstić information content (AvgIpc) is 3.36. The lowest BCUT2D eigenvalue weighted by Gasteiger charge is -2.18. The van der Waals surface area contributed by atoms with E-state index in [1.54, 1.807) is 0 Å². The van der Waals surface area contributed by atoms with Gasteiger partial charge in [0.1, 0.15) is 13.2 Å². The van der Waals surface area contributed by atoms with Gasteiger partial charge in [0.15, 0.2) is 6.10 Å². The van der Waals surface area contributed by atoms with Crippen molar-refractivity contribution in [3.63, 3.8) is 0 Å². The molecule has 0 aromatic heterocycles. The molecule has 0 aliphatic heterocycles. The van der Waals surface area contributed by atoms with Crippen molar-refractivity contribution in [3.8, 4) is 0 Å². The summed E-state index contributed by atoms with van der Waals surface area (Å²) in [6.45, 7) is 6.62. The van der Waals surface area contributed by atoms with E-state index in [1.165, 1.54) is 205 Å². The minimum Gasteiger partial charge on any atom is -0.462 e. The van der Waals surface area contributed by atoms with Crippen LogP contribution in [-0.2, 0) is 28.6 Å². The molecule has 70 heavy (non-hydrogen) atoms. The first-order chi connectivity index (χ1) is 34.5. The highest BCUT2D eigenvalue weighted by Crippen LogP contribution is 2.16. The Hall–Kier alpha value is -2.63. The zero-order chi connectivity index (χ0) is 50.7. The molecule has 0 amide bonds. The fourth-order valence-electron chi connectivity index (χ4n) is 8.92. The minimum absolute atomic E-state index is 0.0732. The van der Waals surface area contributed by atoms with Crippen molar-refractivity contribution in [2.45, 2.75) is 329 Å². The van der Waals surface area contributed by atoms with Gasteiger partial charge < -0.3 is 14.2 Å². The molecule has 0 spiro atoms. The van der Waals surface area contributed by atoms with Crippen molar-refractivity contribution in [1.29, 1.82) is 0 Å². The van der Waals surface area contributed by atoms with Crippen LogP contribution >= 0.6 is 0 Å². The molecule has 0 saturated heterocycles. The van der Waals surface area contributed by atoms with Gasteiger partial charge in [-0.1, -0.05) is 268 Å². The third-order valence-corrected chi connectivity index (χ3v) is 13.6. The Bertz CT molecular complexity index is 1220. The largest absolute Gasteiger partial charge is 0.462 e. The standard InChI is InChI=1S/C64H116O6/c1-4-7-10-13-16-19-22-24-26-28-29-30-31-32-33-34-35-37-38-40-42-45-48-51-54-57-63(66)69-60-61(59-68-62(65)56-53-50-47-44-21-18-15-12-9-6-3)70-64(67)58-55-52-49-46-43-41-39-36-27-25-23-20-17-14-11-8-5-2/h17,20,22,24-25,27-29,61H,4-16,18-19,21,23,26,30-60H2,1-3H3/b20-17-,24-22-,27-25-,29-28-. The quantitative estimate of drug-likeness (QED) is 0.0261. The SMILES string of the molecule is CCCCC/C=C\C/C=C\CCCCCCCCCC(=O)OC(COC(=O)CCCCCCCCCCCC)COC(=O)CCCCCCCCCCCCCCC/C=C\C/C=C\CCCCCCC. The van der Waals surface area contributed by atoms with Crippen LogP contribution in [0.2, 0.25) is 0 Å². The summed E-state index contributed by atoms with van der Waals surface area (Å²) in [5.74, 6) is -0.868.